The number of ketones is 2. The molecule has 1 aliphatic rings. The molecule has 1 rings (SSSR count). The van der Waals surface area contributed by atoms with Crippen LogP contribution in [0.25, 0.3) is 0 Å². The Bertz CT molecular complexity index is 272. The van der Waals surface area contributed by atoms with Crippen LogP contribution in [0.5, 0.6) is 0 Å². The molecular formula is C11H15ClO2. The Labute approximate surface area is 89.3 Å². The monoisotopic (exact) mass is 214 g/mol. The minimum absolute atomic E-state index is 0.0583. The molecule has 0 heterocycles. The predicted molar refractivity (Wildman–Crippen MR) is 56.2 cm³/mol. The fourth-order valence-electron chi connectivity index (χ4n) is 1.69. The molecule has 14 heavy (non-hydrogen) atoms. The Hall–Kier alpha value is -0.630. The summed E-state index contributed by atoms with van der Waals surface area (Å²) < 4.78 is 0. The second kappa shape index (κ2) is 4.26. The van der Waals surface area contributed by atoms with Gasteiger partial charge >= 0.3 is 0 Å². The third-order valence-corrected chi connectivity index (χ3v) is 2.98. The molecule has 0 aromatic heterocycles. The zero-order valence-electron chi connectivity index (χ0n) is 8.60. The van der Waals surface area contributed by atoms with E-state index in [0.717, 1.165) is 0 Å². The van der Waals surface area contributed by atoms with Crippen LogP contribution in [0.2, 0.25) is 0 Å². The lowest BCUT2D eigenvalue weighted by atomic mass is 9.71. The molecule has 1 aliphatic carbocycles. The van der Waals surface area contributed by atoms with Gasteiger partial charge in [-0.2, -0.15) is 0 Å². The summed E-state index contributed by atoms with van der Waals surface area (Å²) in [5.74, 6) is 0.117. The average molecular weight is 215 g/mol. The van der Waals surface area contributed by atoms with Gasteiger partial charge in [0.15, 0.2) is 0 Å². The Kier molecular flexibility index (Phi) is 3.48. The van der Waals surface area contributed by atoms with Crippen LogP contribution in [-0.4, -0.2) is 11.6 Å². The summed E-state index contributed by atoms with van der Waals surface area (Å²) in [5.41, 5.74) is -0.811. The van der Waals surface area contributed by atoms with Gasteiger partial charge in [-0.3, -0.25) is 9.59 Å². The van der Waals surface area contributed by atoms with Crippen LogP contribution >= 0.6 is 11.6 Å². The van der Waals surface area contributed by atoms with Gasteiger partial charge < -0.3 is 0 Å². The smallest absolute Gasteiger partial charge is 0.146 e. The Morgan fingerprint density at radius 3 is 2.36 bits per heavy atom. The number of allylic oxidation sites excluding steroid dienone is 2. The van der Waals surface area contributed by atoms with E-state index in [9.17, 15) is 9.59 Å². The van der Waals surface area contributed by atoms with Gasteiger partial charge in [-0.05, 0) is 26.7 Å². The van der Waals surface area contributed by atoms with E-state index < -0.39 is 5.41 Å². The number of Topliss-reactive ketones (excluding diaryl/α,β-unsaturated/α-hetero) is 2. The fraction of sp³-hybridized carbons (Fsp3) is 0.636. The standard InChI is InChI=1S/C11H15ClO2/c1-8(12)6-7-11(2)9(13)4-3-5-10(11)14/h6H,3-5,7H2,1-2H3. The fourth-order valence-corrected chi connectivity index (χ4v) is 1.77. The number of halogens is 1. The average Bonchev–Trinajstić information content (AvgIpc) is 2.11. The van der Waals surface area contributed by atoms with Gasteiger partial charge in [0.1, 0.15) is 11.6 Å². The number of hydrogen-bond acceptors (Lipinski definition) is 2. The van der Waals surface area contributed by atoms with Crippen LogP contribution in [-0.2, 0) is 9.59 Å². The van der Waals surface area contributed by atoms with E-state index in [1.165, 1.54) is 0 Å². The first-order valence-corrected chi connectivity index (χ1v) is 5.23. The molecule has 0 spiro atoms. The van der Waals surface area contributed by atoms with E-state index in [2.05, 4.69) is 0 Å². The van der Waals surface area contributed by atoms with Crippen LogP contribution in [0.1, 0.15) is 39.5 Å². The van der Waals surface area contributed by atoms with Gasteiger partial charge in [-0.25, -0.2) is 0 Å². The van der Waals surface area contributed by atoms with Gasteiger partial charge in [0.05, 0.1) is 5.41 Å². The highest BCUT2D eigenvalue weighted by Gasteiger charge is 2.41. The van der Waals surface area contributed by atoms with E-state index in [-0.39, 0.29) is 11.6 Å². The molecule has 3 heteroatoms. The molecule has 0 radical (unpaired) electrons. The lowest BCUT2D eigenvalue weighted by Crippen LogP contribution is -2.39. The molecular weight excluding hydrogens is 200 g/mol. The van der Waals surface area contributed by atoms with Crippen molar-refractivity contribution in [2.45, 2.75) is 39.5 Å². The van der Waals surface area contributed by atoms with Crippen LogP contribution in [0, 0.1) is 5.41 Å². The maximum absolute atomic E-state index is 11.6. The summed E-state index contributed by atoms with van der Waals surface area (Å²) in [6.45, 7) is 3.48. The Balaban J connectivity index is 2.82. The number of carbonyl (C=O) groups excluding carboxylic acids is 2. The van der Waals surface area contributed by atoms with Crippen LogP contribution in [0.3, 0.4) is 0 Å². The van der Waals surface area contributed by atoms with E-state index in [1.807, 2.05) is 0 Å². The molecule has 78 valence electrons. The third kappa shape index (κ3) is 2.24. The van der Waals surface area contributed by atoms with Crippen LogP contribution in [0.4, 0.5) is 0 Å². The van der Waals surface area contributed by atoms with Crippen molar-refractivity contribution in [3.05, 3.63) is 11.1 Å². The van der Waals surface area contributed by atoms with Crippen molar-refractivity contribution in [3.63, 3.8) is 0 Å². The van der Waals surface area contributed by atoms with Crippen molar-refractivity contribution in [2.24, 2.45) is 5.41 Å². The first-order chi connectivity index (χ1) is 6.47. The Morgan fingerprint density at radius 1 is 1.43 bits per heavy atom. The summed E-state index contributed by atoms with van der Waals surface area (Å²) in [7, 11) is 0. The van der Waals surface area contributed by atoms with Crippen molar-refractivity contribution < 1.29 is 9.59 Å². The maximum atomic E-state index is 11.6. The molecule has 0 aromatic rings. The second-order valence-electron chi connectivity index (χ2n) is 4.03. The predicted octanol–water partition coefficient (Wildman–Crippen LogP) is 2.85. The topological polar surface area (TPSA) is 34.1 Å². The lowest BCUT2D eigenvalue weighted by Gasteiger charge is -2.29. The third-order valence-electron chi connectivity index (χ3n) is 2.83. The molecule has 0 bridgehead atoms. The van der Waals surface area contributed by atoms with E-state index in [4.69, 9.17) is 11.6 Å². The van der Waals surface area contributed by atoms with Crippen molar-refractivity contribution in [2.75, 3.05) is 0 Å². The molecule has 0 saturated heterocycles. The van der Waals surface area contributed by atoms with E-state index >= 15 is 0 Å². The van der Waals surface area contributed by atoms with Crippen LogP contribution in [0.15, 0.2) is 11.1 Å². The first kappa shape index (κ1) is 11.4. The van der Waals surface area contributed by atoms with Gasteiger partial charge in [0.25, 0.3) is 0 Å². The lowest BCUT2D eigenvalue weighted by molar-refractivity contribution is -0.142. The van der Waals surface area contributed by atoms with Crippen molar-refractivity contribution in [1.82, 2.24) is 0 Å². The largest absolute Gasteiger partial charge is 0.299 e. The molecule has 1 saturated carbocycles. The van der Waals surface area contributed by atoms with Gasteiger partial charge in [-0.15, -0.1) is 0 Å². The molecule has 2 nitrogen and oxygen atoms in total. The molecule has 1 fully saturated rings. The SMILES string of the molecule is CC(Cl)=CCC1(C)C(=O)CCCC1=O. The zero-order valence-corrected chi connectivity index (χ0v) is 9.36. The van der Waals surface area contributed by atoms with E-state index in [0.29, 0.717) is 30.7 Å². The summed E-state index contributed by atoms with van der Waals surface area (Å²) >= 11 is 5.69. The van der Waals surface area contributed by atoms with Gasteiger partial charge in [0, 0.05) is 17.9 Å². The van der Waals surface area contributed by atoms with Gasteiger partial charge in [-0.1, -0.05) is 17.7 Å². The van der Waals surface area contributed by atoms with Crippen molar-refractivity contribution in [3.8, 4) is 0 Å². The number of carbonyl (C=O) groups is 2. The maximum Gasteiger partial charge on any atom is 0.146 e. The van der Waals surface area contributed by atoms with E-state index in [1.54, 1.807) is 19.9 Å². The molecule has 0 aromatic carbocycles. The molecule has 0 aliphatic heterocycles. The summed E-state index contributed by atoms with van der Waals surface area (Å²) in [5, 5.41) is 0.636. The summed E-state index contributed by atoms with van der Waals surface area (Å²) in [6.07, 6.45) is 3.95. The quantitative estimate of drug-likeness (QED) is 0.663. The summed E-state index contributed by atoms with van der Waals surface area (Å²) in [6, 6.07) is 0. The Morgan fingerprint density at radius 2 is 1.93 bits per heavy atom. The number of hydrogen-bond donors (Lipinski definition) is 0. The molecule has 0 atom stereocenters. The molecule has 0 unspecified atom stereocenters. The highest BCUT2D eigenvalue weighted by atomic mass is 35.5. The summed E-state index contributed by atoms with van der Waals surface area (Å²) in [4.78, 5) is 23.3. The van der Waals surface area contributed by atoms with Crippen molar-refractivity contribution in [1.29, 1.82) is 0 Å². The molecule has 0 amide bonds. The normalized spacial score (nSPS) is 22.6. The zero-order chi connectivity index (χ0) is 10.8. The number of rotatable bonds is 2. The minimum Gasteiger partial charge on any atom is -0.299 e. The van der Waals surface area contributed by atoms with Crippen LogP contribution < -0.4 is 0 Å². The first-order valence-electron chi connectivity index (χ1n) is 4.85. The highest BCUT2D eigenvalue weighted by Crippen LogP contribution is 2.33. The molecule has 0 N–H and O–H groups in total. The highest BCUT2D eigenvalue weighted by molar-refractivity contribution is 6.29. The minimum atomic E-state index is -0.811. The van der Waals surface area contributed by atoms with Crippen molar-refractivity contribution >= 4 is 23.2 Å². The van der Waals surface area contributed by atoms with Gasteiger partial charge in [0.2, 0.25) is 0 Å². The second-order valence-corrected chi connectivity index (χ2v) is 4.62.